The van der Waals surface area contributed by atoms with E-state index >= 15 is 0 Å². The standard InChI is InChI=1S/C22H33N3O2/c1-15-11-16(2)13-19(12-15)21(26)24-9-6-7-18(14-24)22(27)25-10-5-4-8-20(25)17(3)23/h11-13,17-18,20H,4-10,14,23H2,1-3H3. The predicted molar refractivity (Wildman–Crippen MR) is 108 cm³/mol. The van der Waals surface area contributed by atoms with Crippen molar-refractivity contribution in [2.24, 2.45) is 11.7 Å². The van der Waals surface area contributed by atoms with Gasteiger partial charge >= 0.3 is 0 Å². The maximum absolute atomic E-state index is 13.2. The largest absolute Gasteiger partial charge is 0.338 e. The van der Waals surface area contributed by atoms with Crippen LogP contribution >= 0.6 is 0 Å². The molecule has 0 spiro atoms. The van der Waals surface area contributed by atoms with Crippen LogP contribution in [0.1, 0.15) is 60.5 Å². The molecule has 2 amide bonds. The Morgan fingerprint density at radius 2 is 1.74 bits per heavy atom. The molecule has 1 aromatic carbocycles. The smallest absolute Gasteiger partial charge is 0.253 e. The van der Waals surface area contributed by atoms with Crippen LogP contribution in [0.25, 0.3) is 0 Å². The average Bonchev–Trinajstić information content (AvgIpc) is 2.66. The molecule has 5 heteroatoms. The Morgan fingerprint density at radius 3 is 2.41 bits per heavy atom. The highest BCUT2D eigenvalue weighted by Gasteiger charge is 2.36. The normalized spacial score (nSPS) is 24.6. The van der Waals surface area contributed by atoms with Crippen molar-refractivity contribution < 1.29 is 9.59 Å². The van der Waals surface area contributed by atoms with Crippen molar-refractivity contribution in [1.82, 2.24) is 9.80 Å². The second-order valence-corrected chi connectivity index (χ2v) is 8.42. The van der Waals surface area contributed by atoms with E-state index in [0.717, 1.165) is 61.9 Å². The predicted octanol–water partition coefficient (Wildman–Crippen LogP) is 2.88. The number of aryl methyl sites for hydroxylation is 2. The fourth-order valence-corrected chi connectivity index (χ4v) is 4.66. The van der Waals surface area contributed by atoms with E-state index in [1.54, 1.807) is 0 Å². The second kappa shape index (κ2) is 8.42. The molecule has 2 N–H and O–H groups in total. The number of nitrogens with two attached hydrogens (primary N) is 1. The molecule has 2 aliphatic rings. The molecule has 2 heterocycles. The number of rotatable bonds is 3. The van der Waals surface area contributed by atoms with Gasteiger partial charge in [-0.1, -0.05) is 17.2 Å². The molecular weight excluding hydrogens is 338 g/mol. The van der Waals surface area contributed by atoms with Gasteiger partial charge in [-0.25, -0.2) is 0 Å². The zero-order chi connectivity index (χ0) is 19.6. The van der Waals surface area contributed by atoms with Gasteiger partial charge in [0.2, 0.25) is 5.91 Å². The van der Waals surface area contributed by atoms with E-state index in [9.17, 15) is 9.59 Å². The number of hydrogen-bond acceptors (Lipinski definition) is 3. The number of carbonyl (C=O) groups excluding carboxylic acids is 2. The van der Waals surface area contributed by atoms with Crippen molar-refractivity contribution in [2.45, 2.75) is 65.0 Å². The first-order chi connectivity index (χ1) is 12.9. The topological polar surface area (TPSA) is 66.6 Å². The van der Waals surface area contributed by atoms with E-state index in [0.29, 0.717) is 6.54 Å². The molecule has 3 rings (SSSR count). The highest BCUT2D eigenvalue weighted by Crippen LogP contribution is 2.26. The first-order valence-corrected chi connectivity index (χ1v) is 10.3. The Balaban J connectivity index is 1.71. The minimum Gasteiger partial charge on any atom is -0.338 e. The van der Waals surface area contributed by atoms with Gasteiger partial charge in [0.15, 0.2) is 0 Å². The molecule has 0 bridgehead atoms. The molecule has 3 atom stereocenters. The van der Waals surface area contributed by atoms with Crippen LogP contribution in [0.5, 0.6) is 0 Å². The first-order valence-electron chi connectivity index (χ1n) is 10.3. The lowest BCUT2D eigenvalue weighted by Crippen LogP contribution is -2.55. The van der Waals surface area contributed by atoms with Crippen LogP contribution in [0.2, 0.25) is 0 Å². The zero-order valence-electron chi connectivity index (χ0n) is 16.9. The van der Waals surface area contributed by atoms with Crippen LogP contribution in [-0.4, -0.2) is 53.3 Å². The number of piperidine rings is 2. The zero-order valence-corrected chi connectivity index (χ0v) is 16.9. The van der Waals surface area contributed by atoms with E-state index in [2.05, 4.69) is 6.07 Å². The highest BCUT2D eigenvalue weighted by molar-refractivity contribution is 5.95. The van der Waals surface area contributed by atoms with Gasteiger partial charge in [-0.15, -0.1) is 0 Å². The maximum Gasteiger partial charge on any atom is 0.253 e. The minimum absolute atomic E-state index is 0.00848. The van der Waals surface area contributed by atoms with Gasteiger partial charge in [-0.2, -0.15) is 0 Å². The van der Waals surface area contributed by atoms with Crippen LogP contribution in [-0.2, 0) is 4.79 Å². The Morgan fingerprint density at radius 1 is 1.04 bits per heavy atom. The summed E-state index contributed by atoms with van der Waals surface area (Å²) in [7, 11) is 0. The highest BCUT2D eigenvalue weighted by atomic mass is 16.2. The monoisotopic (exact) mass is 371 g/mol. The van der Waals surface area contributed by atoms with Gasteiger partial charge in [0.1, 0.15) is 0 Å². The average molecular weight is 372 g/mol. The number of benzene rings is 1. The number of carbonyl (C=O) groups is 2. The van der Waals surface area contributed by atoms with Crippen molar-refractivity contribution in [1.29, 1.82) is 0 Å². The molecule has 0 saturated carbocycles. The number of likely N-dealkylation sites (tertiary alicyclic amines) is 2. The van der Waals surface area contributed by atoms with E-state index in [4.69, 9.17) is 5.73 Å². The molecule has 2 fully saturated rings. The van der Waals surface area contributed by atoms with Crippen LogP contribution in [0, 0.1) is 19.8 Å². The Bertz CT molecular complexity index is 681. The van der Waals surface area contributed by atoms with Gasteiger partial charge in [0.25, 0.3) is 5.91 Å². The third-order valence-electron chi connectivity index (χ3n) is 5.97. The summed E-state index contributed by atoms with van der Waals surface area (Å²) in [6, 6.07) is 6.08. The molecule has 27 heavy (non-hydrogen) atoms. The van der Waals surface area contributed by atoms with Crippen LogP contribution in [0.4, 0.5) is 0 Å². The van der Waals surface area contributed by atoms with Gasteiger partial charge in [0, 0.05) is 37.3 Å². The number of hydrogen-bond donors (Lipinski definition) is 1. The third kappa shape index (κ3) is 4.52. The summed E-state index contributed by atoms with van der Waals surface area (Å²) >= 11 is 0. The summed E-state index contributed by atoms with van der Waals surface area (Å²) in [5, 5.41) is 0. The molecule has 5 nitrogen and oxygen atoms in total. The van der Waals surface area contributed by atoms with Crippen LogP contribution in [0.3, 0.4) is 0 Å². The van der Waals surface area contributed by atoms with Crippen molar-refractivity contribution in [2.75, 3.05) is 19.6 Å². The van der Waals surface area contributed by atoms with E-state index in [1.807, 2.05) is 42.7 Å². The van der Waals surface area contributed by atoms with Gasteiger partial charge in [-0.05, 0) is 65.0 Å². The van der Waals surface area contributed by atoms with Crippen LogP contribution < -0.4 is 5.73 Å². The van der Waals surface area contributed by atoms with Crippen LogP contribution in [0.15, 0.2) is 18.2 Å². The molecule has 0 radical (unpaired) electrons. The van der Waals surface area contributed by atoms with E-state index in [1.165, 1.54) is 0 Å². The first kappa shape index (κ1) is 19.9. The molecular formula is C22H33N3O2. The summed E-state index contributed by atoms with van der Waals surface area (Å²) in [6.07, 6.45) is 4.91. The lowest BCUT2D eigenvalue weighted by Gasteiger charge is -2.42. The Kier molecular flexibility index (Phi) is 6.20. The summed E-state index contributed by atoms with van der Waals surface area (Å²) in [5.41, 5.74) is 9.06. The molecule has 2 saturated heterocycles. The summed E-state index contributed by atoms with van der Waals surface area (Å²) in [5.74, 6) is 0.129. The van der Waals surface area contributed by atoms with Crippen molar-refractivity contribution in [3.05, 3.63) is 34.9 Å². The van der Waals surface area contributed by atoms with Gasteiger partial charge in [-0.3, -0.25) is 9.59 Å². The van der Waals surface area contributed by atoms with E-state index < -0.39 is 0 Å². The molecule has 1 aromatic rings. The summed E-state index contributed by atoms with van der Waals surface area (Å²) in [4.78, 5) is 30.1. The van der Waals surface area contributed by atoms with Gasteiger partial charge in [0.05, 0.1) is 5.92 Å². The molecule has 2 aliphatic heterocycles. The fourth-order valence-electron chi connectivity index (χ4n) is 4.66. The maximum atomic E-state index is 13.2. The van der Waals surface area contributed by atoms with Gasteiger partial charge < -0.3 is 15.5 Å². The lowest BCUT2D eigenvalue weighted by molar-refractivity contribution is -0.141. The second-order valence-electron chi connectivity index (χ2n) is 8.42. The third-order valence-corrected chi connectivity index (χ3v) is 5.97. The summed E-state index contributed by atoms with van der Waals surface area (Å²) < 4.78 is 0. The van der Waals surface area contributed by atoms with Crippen molar-refractivity contribution in [3.8, 4) is 0 Å². The molecule has 0 aliphatic carbocycles. The molecule has 0 aromatic heterocycles. The fraction of sp³-hybridized carbons (Fsp3) is 0.636. The van der Waals surface area contributed by atoms with Crippen molar-refractivity contribution >= 4 is 11.8 Å². The van der Waals surface area contributed by atoms with E-state index in [-0.39, 0.29) is 29.8 Å². The number of amides is 2. The SMILES string of the molecule is Cc1cc(C)cc(C(=O)N2CCCC(C(=O)N3CCCCC3C(C)N)C2)c1. The summed E-state index contributed by atoms with van der Waals surface area (Å²) in [6.45, 7) is 8.06. The number of nitrogens with zero attached hydrogens (tertiary/aromatic N) is 2. The Hall–Kier alpha value is -1.88. The lowest BCUT2D eigenvalue weighted by atomic mass is 9.91. The quantitative estimate of drug-likeness (QED) is 0.888. The molecule has 148 valence electrons. The molecule has 3 unspecified atom stereocenters. The Labute approximate surface area is 162 Å². The minimum atomic E-state index is -0.104. The van der Waals surface area contributed by atoms with Crippen molar-refractivity contribution in [3.63, 3.8) is 0 Å².